The van der Waals surface area contributed by atoms with Gasteiger partial charge in [-0.2, -0.15) is 0 Å². The molecule has 0 aliphatic heterocycles. The van der Waals surface area contributed by atoms with E-state index < -0.39 is 11.9 Å². The van der Waals surface area contributed by atoms with Gasteiger partial charge < -0.3 is 19.2 Å². The Kier molecular flexibility index (Phi) is 8.00. The molecule has 0 saturated heterocycles. The molecule has 0 radical (unpaired) electrons. The van der Waals surface area contributed by atoms with Gasteiger partial charge in [-0.25, -0.2) is 4.79 Å². The number of anilines is 1. The van der Waals surface area contributed by atoms with Crippen molar-refractivity contribution in [2.45, 2.75) is 20.8 Å². The number of benzene rings is 3. The van der Waals surface area contributed by atoms with Crippen molar-refractivity contribution in [3.63, 3.8) is 0 Å². The van der Waals surface area contributed by atoms with Crippen molar-refractivity contribution in [2.75, 3.05) is 5.32 Å². The molecule has 1 amide bonds. The molecule has 0 fully saturated rings. The SMILES string of the molecule is C/C(=N\OC(=O)c1c(-c2ccccc2Cl)noc1C)c1ccc(NC(=O)c2c(-c3ccccc3Cl)noc2C)cc1. The summed E-state index contributed by atoms with van der Waals surface area (Å²) >= 11 is 12.6. The van der Waals surface area contributed by atoms with Crippen molar-refractivity contribution < 1.29 is 23.5 Å². The van der Waals surface area contributed by atoms with Crippen molar-refractivity contribution in [3.05, 3.63) is 111 Å². The Balaban J connectivity index is 1.29. The zero-order chi connectivity index (χ0) is 29.1. The van der Waals surface area contributed by atoms with Crippen LogP contribution in [0.3, 0.4) is 0 Å². The molecule has 2 aromatic heterocycles. The van der Waals surface area contributed by atoms with E-state index in [0.29, 0.717) is 49.6 Å². The van der Waals surface area contributed by atoms with Gasteiger partial charge in [-0.1, -0.05) is 87.2 Å². The first-order valence-electron chi connectivity index (χ1n) is 12.3. The predicted octanol–water partition coefficient (Wildman–Crippen LogP) is 7.75. The van der Waals surface area contributed by atoms with E-state index >= 15 is 0 Å². The van der Waals surface area contributed by atoms with Crippen LogP contribution in [0.2, 0.25) is 10.0 Å². The van der Waals surface area contributed by atoms with E-state index in [2.05, 4.69) is 20.8 Å². The number of oxime groups is 1. The number of carbonyl (C=O) groups excluding carboxylic acids is 2. The van der Waals surface area contributed by atoms with Gasteiger partial charge in [0.1, 0.15) is 34.0 Å². The molecule has 206 valence electrons. The minimum Gasteiger partial charge on any atom is -0.360 e. The molecule has 5 rings (SSSR count). The molecule has 0 aliphatic carbocycles. The summed E-state index contributed by atoms with van der Waals surface area (Å²) in [7, 11) is 0. The largest absolute Gasteiger partial charge is 0.371 e. The van der Waals surface area contributed by atoms with E-state index in [1.54, 1.807) is 93.6 Å². The van der Waals surface area contributed by atoms with Gasteiger partial charge in [0.2, 0.25) is 0 Å². The van der Waals surface area contributed by atoms with Crippen LogP contribution in [0.1, 0.15) is 44.7 Å². The maximum Gasteiger partial charge on any atom is 0.371 e. The van der Waals surface area contributed by atoms with E-state index in [1.165, 1.54) is 0 Å². The third-order valence-corrected chi connectivity index (χ3v) is 6.90. The van der Waals surface area contributed by atoms with Crippen LogP contribution < -0.4 is 5.32 Å². The number of rotatable bonds is 7. The van der Waals surface area contributed by atoms with Crippen LogP contribution in [-0.4, -0.2) is 27.9 Å². The molecule has 1 N–H and O–H groups in total. The average molecular weight is 589 g/mol. The first kappa shape index (κ1) is 27.8. The minimum absolute atomic E-state index is 0.132. The molecule has 3 aromatic carbocycles. The molecular formula is C30H22Cl2N4O5. The topological polar surface area (TPSA) is 120 Å². The molecular weight excluding hydrogens is 567 g/mol. The van der Waals surface area contributed by atoms with Gasteiger partial charge in [0, 0.05) is 16.8 Å². The second-order valence-electron chi connectivity index (χ2n) is 8.97. The maximum atomic E-state index is 13.1. The molecule has 0 aliphatic rings. The molecule has 0 unspecified atom stereocenters. The molecule has 0 atom stereocenters. The fraction of sp³-hybridized carbons (Fsp3) is 0.100. The first-order valence-corrected chi connectivity index (χ1v) is 13.1. The number of hydrogen-bond acceptors (Lipinski definition) is 8. The number of carbonyl (C=O) groups is 2. The Labute approximate surface area is 244 Å². The summed E-state index contributed by atoms with van der Waals surface area (Å²) in [6, 6.07) is 20.9. The monoisotopic (exact) mass is 588 g/mol. The first-order chi connectivity index (χ1) is 19.7. The summed E-state index contributed by atoms with van der Waals surface area (Å²) < 4.78 is 10.5. The number of hydrogen-bond donors (Lipinski definition) is 1. The van der Waals surface area contributed by atoms with Gasteiger partial charge in [-0.15, -0.1) is 0 Å². The van der Waals surface area contributed by atoms with E-state index in [4.69, 9.17) is 37.1 Å². The molecule has 11 heteroatoms. The van der Waals surface area contributed by atoms with Crippen LogP contribution in [0.4, 0.5) is 5.69 Å². The van der Waals surface area contributed by atoms with Gasteiger partial charge in [0.05, 0.1) is 15.8 Å². The highest BCUT2D eigenvalue weighted by Crippen LogP contribution is 2.32. The lowest BCUT2D eigenvalue weighted by atomic mass is 10.1. The van der Waals surface area contributed by atoms with Crippen LogP contribution in [-0.2, 0) is 4.84 Å². The van der Waals surface area contributed by atoms with E-state index in [-0.39, 0.29) is 22.6 Å². The molecule has 0 saturated carbocycles. The van der Waals surface area contributed by atoms with Crippen LogP contribution in [0, 0.1) is 13.8 Å². The fourth-order valence-electron chi connectivity index (χ4n) is 4.12. The third-order valence-electron chi connectivity index (χ3n) is 6.24. The van der Waals surface area contributed by atoms with Gasteiger partial charge in [0.25, 0.3) is 5.91 Å². The smallest absolute Gasteiger partial charge is 0.360 e. The Morgan fingerprint density at radius 2 is 1.29 bits per heavy atom. The predicted molar refractivity (Wildman–Crippen MR) is 155 cm³/mol. The highest BCUT2D eigenvalue weighted by molar-refractivity contribution is 6.34. The lowest BCUT2D eigenvalue weighted by molar-refractivity contribution is 0.0515. The lowest BCUT2D eigenvalue weighted by Gasteiger charge is -2.08. The molecule has 0 spiro atoms. The van der Waals surface area contributed by atoms with Gasteiger partial charge in [0.15, 0.2) is 0 Å². The van der Waals surface area contributed by atoms with Crippen molar-refractivity contribution in [3.8, 4) is 22.5 Å². The Morgan fingerprint density at radius 3 is 1.85 bits per heavy atom. The van der Waals surface area contributed by atoms with Crippen molar-refractivity contribution in [1.29, 1.82) is 0 Å². The normalized spacial score (nSPS) is 11.4. The summed E-state index contributed by atoms with van der Waals surface area (Å²) in [6.45, 7) is 4.95. The van der Waals surface area contributed by atoms with Crippen LogP contribution >= 0.6 is 23.2 Å². The average Bonchev–Trinajstić information content (AvgIpc) is 3.54. The molecule has 5 aromatic rings. The van der Waals surface area contributed by atoms with Gasteiger partial charge in [-0.3, -0.25) is 4.79 Å². The van der Waals surface area contributed by atoms with E-state index in [0.717, 1.165) is 0 Å². The lowest BCUT2D eigenvalue weighted by Crippen LogP contribution is -2.13. The number of nitrogens with zero attached hydrogens (tertiary/aromatic N) is 3. The third kappa shape index (κ3) is 5.77. The molecule has 41 heavy (non-hydrogen) atoms. The van der Waals surface area contributed by atoms with Gasteiger partial charge >= 0.3 is 5.97 Å². The Hall–Kier alpha value is -4.73. The van der Waals surface area contributed by atoms with Crippen LogP contribution in [0.15, 0.2) is 87.0 Å². The highest BCUT2D eigenvalue weighted by atomic mass is 35.5. The van der Waals surface area contributed by atoms with Crippen molar-refractivity contribution in [1.82, 2.24) is 10.3 Å². The fourth-order valence-corrected chi connectivity index (χ4v) is 4.57. The molecule has 2 heterocycles. The minimum atomic E-state index is -0.736. The quantitative estimate of drug-likeness (QED) is 0.117. The van der Waals surface area contributed by atoms with Crippen molar-refractivity contribution in [2.24, 2.45) is 5.16 Å². The Morgan fingerprint density at radius 1 is 0.780 bits per heavy atom. The number of amides is 1. The number of halogens is 2. The summed E-state index contributed by atoms with van der Waals surface area (Å²) in [5, 5.41) is 15.7. The zero-order valence-corrected chi connectivity index (χ0v) is 23.6. The number of aryl methyl sites for hydroxylation is 2. The van der Waals surface area contributed by atoms with E-state index in [1.807, 2.05) is 0 Å². The molecule has 9 nitrogen and oxygen atoms in total. The number of aromatic nitrogens is 2. The zero-order valence-electron chi connectivity index (χ0n) is 22.1. The standard InChI is InChI=1S/C30H22Cl2N4O5/c1-16(34-41-30(38)26-18(3)40-36-28(26)22-9-5-7-11-24(22)32)19-12-14-20(15-13-19)33-29(37)25-17(2)39-35-27(25)21-8-4-6-10-23(21)31/h4-15H,1-3H3,(H,33,37)/b34-16+. The van der Waals surface area contributed by atoms with Crippen LogP contribution in [0.25, 0.3) is 22.5 Å². The summed E-state index contributed by atoms with van der Waals surface area (Å²) in [4.78, 5) is 31.2. The molecule has 0 bridgehead atoms. The van der Waals surface area contributed by atoms with Gasteiger partial charge in [-0.05, 0) is 50.6 Å². The van der Waals surface area contributed by atoms with Crippen molar-refractivity contribution >= 4 is 46.5 Å². The second-order valence-corrected chi connectivity index (χ2v) is 9.79. The summed E-state index contributed by atoms with van der Waals surface area (Å²) in [5.74, 6) is -0.498. The highest BCUT2D eigenvalue weighted by Gasteiger charge is 2.25. The van der Waals surface area contributed by atoms with E-state index in [9.17, 15) is 9.59 Å². The number of nitrogens with one attached hydrogen (secondary N) is 1. The summed E-state index contributed by atoms with van der Waals surface area (Å²) in [5.41, 5.74) is 3.80. The second kappa shape index (κ2) is 11.8. The van der Waals surface area contributed by atoms with Crippen LogP contribution in [0.5, 0.6) is 0 Å². The summed E-state index contributed by atoms with van der Waals surface area (Å²) in [6.07, 6.45) is 0. The Bertz CT molecular complexity index is 1790. The maximum absolute atomic E-state index is 13.1.